The van der Waals surface area contributed by atoms with E-state index in [1.54, 1.807) is 19.9 Å². The lowest BCUT2D eigenvalue weighted by Gasteiger charge is -2.09. The summed E-state index contributed by atoms with van der Waals surface area (Å²) >= 11 is 19.1. The van der Waals surface area contributed by atoms with Gasteiger partial charge in [-0.05, 0) is 50.6 Å². The van der Waals surface area contributed by atoms with Crippen LogP contribution >= 0.6 is 46.1 Å². The summed E-state index contributed by atoms with van der Waals surface area (Å²) in [6.07, 6.45) is 0. The number of thiophene rings is 1. The molecule has 3 rings (SSSR count). The third kappa shape index (κ3) is 5.70. The lowest BCUT2D eigenvalue weighted by Crippen LogP contribution is -2.14. The molecule has 2 aromatic heterocycles. The fourth-order valence-electron chi connectivity index (χ4n) is 2.94. The van der Waals surface area contributed by atoms with Gasteiger partial charge in [-0.2, -0.15) is 0 Å². The van der Waals surface area contributed by atoms with E-state index in [9.17, 15) is 14.4 Å². The highest BCUT2D eigenvalue weighted by atomic mass is 35.5. The Balaban J connectivity index is 1.77. The molecule has 2 heterocycles. The number of anilines is 1. The van der Waals surface area contributed by atoms with Crippen LogP contribution in [-0.4, -0.2) is 24.3 Å². The van der Waals surface area contributed by atoms with Crippen molar-refractivity contribution in [3.05, 3.63) is 66.9 Å². The zero-order chi connectivity index (χ0) is 24.3. The van der Waals surface area contributed by atoms with E-state index in [2.05, 4.69) is 5.32 Å². The lowest BCUT2D eigenvalue weighted by atomic mass is 10.1. The quantitative estimate of drug-likeness (QED) is 0.254. The monoisotopic (exact) mass is 529 g/mol. The van der Waals surface area contributed by atoms with Gasteiger partial charge in [0.05, 0.1) is 27.1 Å². The van der Waals surface area contributed by atoms with Gasteiger partial charge in [0, 0.05) is 5.02 Å². The van der Waals surface area contributed by atoms with Crippen molar-refractivity contribution in [1.82, 2.24) is 0 Å². The van der Waals surface area contributed by atoms with Gasteiger partial charge in [0.1, 0.15) is 17.4 Å². The number of carbonyl (C=O) groups is 3. The molecule has 7 nitrogen and oxygen atoms in total. The molecule has 1 aromatic carbocycles. The molecule has 0 aliphatic heterocycles. The van der Waals surface area contributed by atoms with E-state index >= 15 is 0 Å². The minimum atomic E-state index is -0.626. The number of benzene rings is 1. The standard InChI is InChI=1S/C22H18Cl3NO6S/c1-4-30-22(29)17-10(2)19(11(3)27)33-21(17)26-20(28)16-6-5-13(32-16)9-31-18-14(24)7-12(23)8-15(18)25/h5-8H,4,9H2,1-3H3,(H,26,28). The van der Waals surface area contributed by atoms with Crippen molar-refractivity contribution >= 4 is 68.8 Å². The molecule has 0 spiro atoms. The van der Waals surface area contributed by atoms with Crippen LogP contribution in [0.5, 0.6) is 5.75 Å². The Bertz CT molecular complexity index is 1210. The van der Waals surface area contributed by atoms with Gasteiger partial charge in [0.15, 0.2) is 17.3 Å². The van der Waals surface area contributed by atoms with Crippen molar-refractivity contribution in [2.45, 2.75) is 27.4 Å². The van der Waals surface area contributed by atoms with Crippen molar-refractivity contribution in [2.75, 3.05) is 11.9 Å². The number of ether oxygens (including phenoxy) is 2. The number of esters is 1. The maximum Gasteiger partial charge on any atom is 0.341 e. The van der Waals surface area contributed by atoms with Crippen LogP contribution in [0.3, 0.4) is 0 Å². The van der Waals surface area contributed by atoms with Crippen molar-refractivity contribution in [3.8, 4) is 5.75 Å². The Labute approximate surface area is 208 Å². The largest absolute Gasteiger partial charge is 0.483 e. The molecule has 0 bridgehead atoms. The summed E-state index contributed by atoms with van der Waals surface area (Å²) < 4.78 is 16.2. The summed E-state index contributed by atoms with van der Waals surface area (Å²) in [6.45, 7) is 4.79. The Kier molecular flexibility index (Phi) is 8.07. The van der Waals surface area contributed by atoms with E-state index in [1.165, 1.54) is 25.1 Å². The molecule has 0 saturated heterocycles. The first-order valence-corrected chi connectivity index (χ1v) is 11.6. The van der Waals surface area contributed by atoms with Crippen LogP contribution < -0.4 is 10.1 Å². The molecule has 0 aliphatic carbocycles. The molecule has 174 valence electrons. The van der Waals surface area contributed by atoms with Crippen molar-refractivity contribution in [2.24, 2.45) is 0 Å². The second kappa shape index (κ2) is 10.6. The highest BCUT2D eigenvalue weighted by Crippen LogP contribution is 2.37. The van der Waals surface area contributed by atoms with Gasteiger partial charge in [-0.15, -0.1) is 11.3 Å². The Morgan fingerprint density at radius 1 is 1.12 bits per heavy atom. The molecule has 3 aromatic rings. The number of rotatable bonds is 8. The average molecular weight is 531 g/mol. The maximum atomic E-state index is 12.7. The second-order valence-corrected chi connectivity index (χ2v) is 9.02. The van der Waals surface area contributed by atoms with Crippen LogP contribution in [-0.2, 0) is 11.3 Å². The first kappa shape index (κ1) is 25.1. The minimum Gasteiger partial charge on any atom is -0.483 e. The van der Waals surface area contributed by atoms with E-state index in [0.29, 0.717) is 21.2 Å². The number of amides is 1. The maximum absolute atomic E-state index is 12.7. The number of halogens is 3. The van der Waals surface area contributed by atoms with Crippen LogP contribution in [0, 0.1) is 6.92 Å². The number of carbonyl (C=O) groups excluding carboxylic acids is 3. The molecule has 0 unspecified atom stereocenters. The van der Waals surface area contributed by atoms with Gasteiger partial charge < -0.3 is 19.2 Å². The van der Waals surface area contributed by atoms with Crippen LogP contribution in [0.15, 0.2) is 28.7 Å². The molecule has 0 fully saturated rings. The highest BCUT2D eigenvalue weighted by molar-refractivity contribution is 7.18. The van der Waals surface area contributed by atoms with Crippen LogP contribution in [0.4, 0.5) is 5.00 Å². The number of Topliss-reactive ketones (excluding diaryl/α,β-unsaturated/α-hetero) is 1. The predicted octanol–water partition coefficient (Wildman–Crippen LogP) is 6.82. The zero-order valence-corrected chi connectivity index (χ0v) is 20.8. The van der Waals surface area contributed by atoms with Crippen molar-refractivity contribution < 1.29 is 28.3 Å². The lowest BCUT2D eigenvalue weighted by molar-refractivity contribution is 0.0527. The number of hydrogen-bond donors (Lipinski definition) is 1. The van der Waals surface area contributed by atoms with Crippen molar-refractivity contribution in [3.63, 3.8) is 0 Å². The molecule has 33 heavy (non-hydrogen) atoms. The zero-order valence-electron chi connectivity index (χ0n) is 17.7. The van der Waals surface area contributed by atoms with Crippen LogP contribution in [0.2, 0.25) is 15.1 Å². The average Bonchev–Trinajstić information content (AvgIpc) is 3.32. The summed E-state index contributed by atoms with van der Waals surface area (Å²) in [4.78, 5) is 37.4. The van der Waals surface area contributed by atoms with Gasteiger partial charge in [-0.3, -0.25) is 9.59 Å². The molecule has 1 amide bonds. The minimum absolute atomic E-state index is 0.0212. The predicted molar refractivity (Wildman–Crippen MR) is 127 cm³/mol. The summed E-state index contributed by atoms with van der Waals surface area (Å²) in [5, 5.41) is 3.67. The molecule has 0 radical (unpaired) electrons. The molecular weight excluding hydrogens is 513 g/mol. The first-order valence-electron chi connectivity index (χ1n) is 9.61. The SMILES string of the molecule is CCOC(=O)c1c(NC(=O)c2ccc(COc3c(Cl)cc(Cl)cc3Cl)o2)sc(C(C)=O)c1C. The third-order valence-electron chi connectivity index (χ3n) is 4.38. The summed E-state index contributed by atoms with van der Waals surface area (Å²) in [5.74, 6) is -0.910. The number of hydrogen-bond acceptors (Lipinski definition) is 7. The Hall–Kier alpha value is -2.52. The Morgan fingerprint density at radius 3 is 2.39 bits per heavy atom. The molecular formula is C22H18Cl3NO6S. The van der Waals surface area contributed by atoms with Gasteiger partial charge >= 0.3 is 5.97 Å². The van der Waals surface area contributed by atoms with E-state index in [-0.39, 0.29) is 51.1 Å². The van der Waals surface area contributed by atoms with Gasteiger partial charge in [-0.25, -0.2) is 4.79 Å². The number of nitrogens with one attached hydrogen (secondary N) is 1. The number of furan rings is 1. The molecule has 11 heteroatoms. The summed E-state index contributed by atoms with van der Waals surface area (Å²) in [5.41, 5.74) is 0.592. The van der Waals surface area contributed by atoms with E-state index in [0.717, 1.165) is 11.3 Å². The summed E-state index contributed by atoms with van der Waals surface area (Å²) in [6, 6.07) is 5.99. The van der Waals surface area contributed by atoms with E-state index in [4.69, 9.17) is 48.7 Å². The fourth-order valence-corrected chi connectivity index (χ4v) is 4.95. The third-order valence-corrected chi connectivity index (χ3v) is 6.47. The molecule has 0 aliphatic rings. The topological polar surface area (TPSA) is 94.8 Å². The normalized spacial score (nSPS) is 10.7. The van der Waals surface area contributed by atoms with Crippen LogP contribution in [0.1, 0.15) is 55.8 Å². The van der Waals surface area contributed by atoms with E-state index in [1.807, 2.05) is 0 Å². The smallest absolute Gasteiger partial charge is 0.341 e. The molecule has 1 N–H and O–H groups in total. The molecule has 0 atom stereocenters. The molecule has 0 saturated carbocycles. The Morgan fingerprint density at radius 2 is 1.79 bits per heavy atom. The van der Waals surface area contributed by atoms with E-state index < -0.39 is 11.9 Å². The highest BCUT2D eigenvalue weighted by Gasteiger charge is 2.26. The van der Waals surface area contributed by atoms with Crippen LogP contribution in [0.25, 0.3) is 0 Å². The number of ketones is 1. The van der Waals surface area contributed by atoms with Gasteiger partial charge in [0.2, 0.25) is 0 Å². The van der Waals surface area contributed by atoms with Gasteiger partial charge in [0.25, 0.3) is 5.91 Å². The van der Waals surface area contributed by atoms with Gasteiger partial charge in [-0.1, -0.05) is 34.8 Å². The van der Waals surface area contributed by atoms with Crippen molar-refractivity contribution in [1.29, 1.82) is 0 Å². The second-order valence-electron chi connectivity index (χ2n) is 6.74. The fraction of sp³-hybridized carbons (Fsp3) is 0.227. The first-order chi connectivity index (χ1) is 15.6. The summed E-state index contributed by atoms with van der Waals surface area (Å²) in [7, 11) is 0.